The summed E-state index contributed by atoms with van der Waals surface area (Å²) in [4.78, 5) is 163. The van der Waals surface area contributed by atoms with Crippen molar-refractivity contribution in [3.8, 4) is 5.75 Å². The number of anilines is 4. The summed E-state index contributed by atoms with van der Waals surface area (Å²) in [6, 6.07) is 8.85. The van der Waals surface area contributed by atoms with Crippen LogP contribution in [0.25, 0.3) is 44.7 Å². The first kappa shape index (κ1) is 126. The molecule has 8 heterocycles. The van der Waals surface area contributed by atoms with Gasteiger partial charge in [-0.2, -0.15) is 19.2 Å². The van der Waals surface area contributed by atoms with Crippen molar-refractivity contribution < 1.29 is 152 Å². The summed E-state index contributed by atoms with van der Waals surface area (Å²) in [6.07, 6.45) is 26.7. The molecule has 0 saturated carbocycles. The molecule has 0 aliphatic carbocycles. The molecule has 56 heteroatoms. The van der Waals surface area contributed by atoms with Gasteiger partial charge in [0.25, 0.3) is 7.37 Å². The molecule has 8 aromatic heterocycles. The molecule has 0 amide bonds. The van der Waals surface area contributed by atoms with Crippen LogP contribution in [-0.2, 0) is 139 Å². The third kappa shape index (κ3) is 54.9. The highest BCUT2D eigenvalue weighted by Crippen LogP contribution is 2.50. The molecular formula is C86H134N20O32P4. The molecule has 790 valence electrons. The Kier molecular flexibility index (Phi) is 62.1. The van der Waals surface area contributed by atoms with Crippen LogP contribution >= 0.6 is 30.2 Å². The number of carbonyl (C=O) groups is 5. The Hall–Kier alpha value is -11.9. The number of nitrogens with two attached hydrogens (primary N) is 4. The predicted octanol–water partition coefficient (Wildman–Crippen LogP) is 12.9. The summed E-state index contributed by atoms with van der Waals surface area (Å²) in [7, 11) is -15.4. The summed E-state index contributed by atoms with van der Waals surface area (Å²) >= 11 is 0. The standard InChI is InChI=1S/C28H52N5O5P.C22H30N5O5P.C19H30N5O10P.C9H14N5O4P.2C3H4O2.2CO2/c1-3-4-5-6-7-8-9-10-11-12-13-14-15-16-18-36-19-17-20-38-39(34,35)24-37-25(2)21-33-23-32-26-27(29)30-22-31-28(26)33;1-15(2)31-22(28)16(3)11-33(29,32-18-8-6-5-7-9-18)14-30-17(4)10-27-13-26-19-20(23)24-12-25-21(19)27;1-12(2)33-18(25)28-9-31-35(27,32-10-29-19(26)34-13(3)4)11-30-14(5)6-24-8-23-15-16(20)21-7-22-17(15)24;1-6(18-5-19(15,16)17)2-14-4-13-7-8(10)11-3-12-9(7)14;2*1-2-3(4)5;2*2-1-3/h22-23,25H,3-21,24H2,1-2H3,(H,34,35)(H2,29,30,31);5-9,12-13,15-17H,10-11,14H2,1-4H3,(H2,23,24,25);7-8,12-14H,6,9-11H2,1-5H3,(H2,20,21,22);3-4,6H,2,5H2,1H3,(H2,10,11,12)(H2,15,16,17);2*2H,1H2,(H,4,5);;/t25-;16-,17-,33-;14-;6-;;;;/m1111..../s1. The van der Waals surface area contributed by atoms with Gasteiger partial charge in [-0.15, -0.1) is 0 Å². The zero-order chi connectivity index (χ0) is 106. The molecule has 7 atom stereocenters. The van der Waals surface area contributed by atoms with E-state index < -0.39 is 117 Å². The van der Waals surface area contributed by atoms with E-state index in [1.54, 1.807) is 118 Å². The Morgan fingerprint density at radius 2 is 0.739 bits per heavy atom. The number of aromatic nitrogens is 16. The molecule has 0 radical (unpaired) electrons. The molecule has 52 nitrogen and oxygen atoms in total. The molecule has 0 fully saturated rings. The van der Waals surface area contributed by atoms with Crippen LogP contribution in [0.2, 0.25) is 0 Å². The number of hydrogen-bond acceptors (Lipinski definition) is 43. The van der Waals surface area contributed by atoms with E-state index in [4.69, 9.17) is 128 Å². The number of benzene rings is 1. The Balaban J connectivity index is 0.000000618. The normalized spacial score (nSPS) is 12.9. The number of nitrogens with zero attached hydrogens (tertiary/aromatic N) is 16. The molecule has 9 aromatic rings. The maximum atomic E-state index is 13.7. The van der Waals surface area contributed by atoms with Gasteiger partial charge in [-0.1, -0.05) is 129 Å². The highest BCUT2D eigenvalue weighted by molar-refractivity contribution is 7.59. The van der Waals surface area contributed by atoms with E-state index in [9.17, 15) is 47.1 Å². The summed E-state index contributed by atoms with van der Waals surface area (Å²) < 4.78 is 130. The van der Waals surface area contributed by atoms with Gasteiger partial charge in [0, 0.05) is 25.4 Å². The van der Waals surface area contributed by atoms with Gasteiger partial charge < -0.3 is 123 Å². The molecule has 1 aromatic carbocycles. The van der Waals surface area contributed by atoms with E-state index in [1.165, 1.54) is 121 Å². The van der Waals surface area contributed by atoms with Crippen LogP contribution in [0.4, 0.5) is 32.9 Å². The van der Waals surface area contributed by atoms with Crippen LogP contribution in [0, 0.1) is 5.92 Å². The first-order valence-electron chi connectivity index (χ1n) is 44.8. The third-order valence-electron chi connectivity index (χ3n) is 18.2. The first-order valence-corrected chi connectivity index (χ1v) is 52.1. The molecule has 13 N–H and O–H groups in total. The summed E-state index contributed by atoms with van der Waals surface area (Å²) in [5.74, 6) is -1.41. The van der Waals surface area contributed by atoms with Crippen molar-refractivity contribution in [1.82, 2.24) is 78.1 Å². The van der Waals surface area contributed by atoms with Crippen LogP contribution < -0.4 is 27.5 Å². The minimum Gasteiger partial charge on any atom is -0.478 e. The van der Waals surface area contributed by atoms with Crippen molar-refractivity contribution in [2.45, 2.75) is 248 Å². The second-order valence-electron chi connectivity index (χ2n) is 31.7. The summed E-state index contributed by atoms with van der Waals surface area (Å²) in [6.45, 7) is 28.3. The zero-order valence-electron chi connectivity index (χ0n) is 81.7. The van der Waals surface area contributed by atoms with Crippen molar-refractivity contribution in [2.24, 2.45) is 5.92 Å². The predicted molar refractivity (Wildman–Crippen MR) is 515 cm³/mol. The van der Waals surface area contributed by atoms with E-state index in [-0.39, 0.29) is 74.3 Å². The molecule has 0 aliphatic rings. The number of nitrogen functional groups attached to an aromatic ring is 4. The van der Waals surface area contributed by atoms with Gasteiger partial charge in [0.2, 0.25) is 13.6 Å². The third-order valence-corrected chi connectivity index (χ3v) is 23.4. The highest BCUT2D eigenvalue weighted by Gasteiger charge is 2.34. The van der Waals surface area contributed by atoms with Gasteiger partial charge >= 0.3 is 65.3 Å². The topological polar surface area (TPSA) is 731 Å². The molecule has 9 rings (SSSR count). The lowest BCUT2D eigenvalue weighted by atomic mass is 10.0. The average molecular weight is 2080 g/mol. The number of hydrogen-bond donors (Lipinski definition) is 9. The van der Waals surface area contributed by atoms with Crippen LogP contribution in [-0.4, -0.2) is 253 Å². The fourth-order valence-corrected chi connectivity index (χ4v) is 16.4. The molecule has 0 bridgehead atoms. The van der Waals surface area contributed by atoms with Crippen molar-refractivity contribution in [1.29, 1.82) is 0 Å². The van der Waals surface area contributed by atoms with Crippen LogP contribution in [0.3, 0.4) is 0 Å². The fraction of sp³-hybridized carbons (Fsp3) is 0.570. The molecule has 0 spiro atoms. The van der Waals surface area contributed by atoms with Gasteiger partial charge in [0.1, 0.15) is 78.5 Å². The van der Waals surface area contributed by atoms with Crippen molar-refractivity contribution >= 4 is 141 Å². The number of para-hydroxylation sites is 1. The van der Waals surface area contributed by atoms with Crippen molar-refractivity contribution in [3.05, 3.63) is 106 Å². The van der Waals surface area contributed by atoms with Crippen LogP contribution in [0.15, 0.2) is 106 Å². The van der Waals surface area contributed by atoms with Crippen LogP contribution in [0.1, 0.15) is 179 Å². The van der Waals surface area contributed by atoms with Gasteiger partial charge in [0.15, 0.2) is 45.9 Å². The molecule has 0 aliphatic heterocycles. The van der Waals surface area contributed by atoms with Gasteiger partial charge in [-0.25, -0.2) is 79.0 Å². The van der Waals surface area contributed by atoms with Crippen molar-refractivity contribution in [3.63, 3.8) is 0 Å². The zero-order valence-corrected chi connectivity index (χ0v) is 85.3. The first-order chi connectivity index (χ1) is 67.3. The quantitative estimate of drug-likeness (QED) is 0.00427. The minimum atomic E-state index is -4.16. The summed E-state index contributed by atoms with van der Waals surface area (Å²) in [5.41, 5.74) is 27.3. The fourth-order valence-electron chi connectivity index (χ4n) is 11.8. The number of rotatable bonds is 56. The lowest BCUT2D eigenvalue weighted by molar-refractivity contribution is -0.193. The monoisotopic (exact) mass is 2080 g/mol. The number of carboxylic acids is 2. The number of esters is 1. The van der Waals surface area contributed by atoms with E-state index in [1.807, 2.05) is 19.9 Å². The maximum absolute atomic E-state index is 13.7. The number of carboxylic acid groups (broad SMARTS) is 2. The number of unbranched alkanes of at least 4 members (excludes halogenated alkanes) is 13. The molecule has 1 unspecified atom stereocenters. The second-order valence-corrected chi connectivity index (χ2v) is 39.5. The van der Waals surface area contributed by atoms with Crippen molar-refractivity contribution in [2.75, 3.05) is 87.9 Å². The molecular weight excluding hydrogens is 1950 g/mol. The largest absolute Gasteiger partial charge is 0.510 e. The number of carbonyl (C=O) groups excluding carboxylic acids is 7. The van der Waals surface area contributed by atoms with Gasteiger partial charge in [0.05, 0.1) is 113 Å². The second kappa shape index (κ2) is 69.9. The van der Waals surface area contributed by atoms with Gasteiger partial charge in [-0.3, -0.25) is 32.1 Å². The summed E-state index contributed by atoms with van der Waals surface area (Å²) in [5, 5.41) is 15.2. The lowest BCUT2D eigenvalue weighted by Crippen LogP contribution is -2.24. The Bertz CT molecular complexity index is 5420. The van der Waals surface area contributed by atoms with Crippen LogP contribution in [0.5, 0.6) is 5.75 Å². The minimum absolute atomic E-state index is 0.00205. The number of ether oxygens (including phenoxy) is 10. The Labute approximate surface area is 820 Å². The van der Waals surface area contributed by atoms with Gasteiger partial charge in [-0.05, 0) is 94.2 Å². The SMILES string of the molecule is C=CC(=O)O.C=CC(=O)O.CC(C)OC(=O)OCOP(=O)(CO[C@H](C)Cn1cnc2c(N)ncnc21)OCOC(=O)OC(C)C.CC(C)OC(=O)[C@H](C)C[P@](=O)(CO[C@H](C)Cn1cnc2c(N)ncnc21)Oc1ccccc1.CCCCCCCCCCCCCCCCOCCCOP(=O)(O)CO[C@H](C)Cn1cnc2c(N)ncnc21.C[C@H](Cn1cnc2c(N)ncnc21)OCP(=O)(O)O.O=C=O.O=C=O. The molecule has 142 heavy (non-hydrogen) atoms. The van der Waals surface area contributed by atoms with E-state index >= 15 is 0 Å². The number of fused-ring (bicyclic) bond motifs is 4. The van der Waals surface area contributed by atoms with E-state index in [2.05, 4.69) is 79.9 Å². The average Bonchev–Trinajstić information content (AvgIpc) is 1.68. The Morgan fingerprint density at radius 1 is 0.423 bits per heavy atom. The smallest absolute Gasteiger partial charge is 0.478 e. The highest BCUT2D eigenvalue weighted by atomic mass is 31.2. The van der Waals surface area contributed by atoms with E-state index in [0.717, 1.165) is 25.2 Å². The maximum Gasteiger partial charge on any atom is 0.510 e. The number of aliphatic carboxylic acids is 2. The Morgan fingerprint density at radius 3 is 1.07 bits per heavy atom. The lowest BCUT2D eigenvalue weighted by Gasteiger charge is -2.24. The van der Waals surface area contributed by atoms with E-state index in [0.29, 0.717) is 94.7 Å². The number of imidazole rings is 4. The molecule has 0 saturated heterocycles.